The van der Waals surface area contributed by atoms with Crippen molar-refractivity contribution >= 4 is 11.8 Å². The molecule has 0 amide bonds. The van der Waals surface area contributed by atoms with Crippen LogP contribution in [0.5, 0.6) is 0 Å². The Bertz CT molecular complexity index is 210. The number of hydrogen-bond acceptors (Lipinski definition) is 3. The van der Waals surface area contributed by atoms with Gasteiger partial charge in [0.25, 0.3) is 0 Å². The Morgan fingerprint density at radius 1 is 1.62 bits per heavy atom. The zero-order valence-corrected chi connectivity index (χ0v) is 8.21. The highest BCUT2D eigenvalue weighted by Crippen LogP contribution is 2.28. The van der Waals surface area contributed by atoms with Gasteiger partial charge in [-0.15, -0.1) is 0 Å². The first-order valence-corrected chi connectivity index (χ1v) is 4.83. The van der Waals surface area contributed by atoms with E-state index in [2.05, 4.69) is 0 Å². The van der Waals surface area contributed by atoms with E-state index in [1.165, 1.54) is 0 Å². The van der Waals surface area contributed by atoms with Gasteiger partial charge in [0.2, 0.25) is 0 Å². The molecule has 74 valence electrons. The molecule has 0 spiro atoms. The molecule has 1 aliphatic carbocycles. The first-order valence-electron chi connectivity index (χ1n) is 4.83. The first-order chi connectivity index (χ1) is 6.15. The van der Waals surface area contributed by atoms with Gasteiger partial charge in [-0.1, -0.05) is 6.92 Å². The van der Waals surface area contributed by atoms with Crippen LogP contribution in [0.1, 0.15) is 33.1 Å². The molecule has 0 saturated heterocycles. The average Bonchev–Trinajstić information content (AvgIpc) is 2.09. The molecule has 13 heavy (non-hydrogen) atoms. The van der Waals surface area contributed by atoms with Crippen LogP contribution >= 0.6 is 0 Å². The van der Waals surface area contributed by atoms with E-state index in [9.17, 15) is 9.59 Å². The van der Waals surface area contributed by atoms with Crippen LogP contribution in [0.2, 0.25) is 0 Å². The predicted molar refractivity (Wildman–Crippen MR) is 48.1 cm³/mol. The van der Waals surface area contributed by atoms with E-state index in [1.54, 1.807) is 6.92 Å². The van der Waals surface area contributed by atoms with Gasteiger partial charge in [0.15, 0.2) is 0 Å². The Morgan fingerprint density at radius 2 is 2.31 bits per heavy atom. The van der Waals surface area contributed by atoms with Crippen LogP contribution in [0.15, 0.2) is 0 Å². The molecule has 0 aliphatic heterocycles. The predicted octanol–water partition coefficient (Wildman–Crippen LogP) is 1.55. The number of esters is 1. The topological polar surface area (TPSA) is 43.4 Å². The quantitative estimate of drug-likeness (QED) is 0.611. The van der Waals surface area contributed by atoms with Crippen LogP contribution in [0.3, 0.4) is 0 Å². The smallest absolute Gasteiger partial charge is 0.309 e. The maximum atomic E-state index is 11.4. The molecule has 0 radical (unpaired) electrons. The lowest BCUT2D eigenvalue weighted by molar-refractivity contribution is -0.153. The van der Waals surface area contributed by atoms with Crippen molar-refractivity contribution < 1.29 is 14.3 Å². The maximum absolute atomic E-state index is 11.4. The Morgan fingerprint density at radius 3 is 2.92 bits per heavy atom. The Labute approximate surface area is 78.5 Å². The molecule has 1 saturated carbocycles. The normalized spacial score (nSPS) is 28.6. The summed E-state index contributed by atoms with van der Waals surface area (Å²) in [7, 11) is 0. The lowest BCUT2D eigenvalue weighted by atomic mass is 9.80. The molecule has 2 unspecified atom stereocenters. The van der Waals surface area contributed by atoms with Crippen LogP contribution in [0.25, 0.3) is 0 Å². The second-order valence-electron chi connectivity index (χ2n) is 3.62. The van der Waals surface area contributed by atoms with E-state index in [0.29, 0.717) is 19.4 Å². The van der Waals surface area contributed by atoms with E-state index < -0.39 is 0 Å². The molecule has 2 atom stereocenters. The summed E-state index contributed by atoms with van der Waals surface area (Å²) in [6, 6.07) is 0. The van der Waals surface area contributed by atoms with Gasteiger partial charge in [0, 0.05) is 12.8 Å². The third-order valence-electron chi connectivity index (χ3n) is 2.60. The molecule has 3 nitrogen and oxygen atoms in total. The molecule has 0 N–H and O–H groups in total. The fourth-order valence-corrected chi connectivity index (χ4v) is 1.70. The highest BCUT2D eigenvalue weighted by molar-refractivity contribution is 5.85. The number of ether oxygens (including phenoxy) is 1. The van der Waals surface area contributed by atoms with E-state index in [4.69, 9.17) is 4.74 Å². The van der Waals surface area contributed by atoms with Crippen molar-refractivity contribution in [2.24, 2.45) is 11.8 Å². The zero-order chi connectivity index (χ0) is 9.84. The minimum absolute atomic E-state index is 0.191. The lowest BCUT2D eigenvalue weighted by Crippen LogP contribution is -2.31. The van der Waals surface area contributed by atoms with Crippen molar-refractivity contribution in [1.82, 2.24) is 0 Å². The summed E-state index contributed by atoms with van der Waals surface area (Å²) in [4.78, 5) is 22.5. The summed E-state index contributed by atoms with van der Waals surface area (Å²) in [5.41, 5.74) is 0. The lowest BCUT2D eigenvalue weighted by Gasteiger charge is -2.25. The Balaban J connectivity index is 2.54. The van der Waals surface area contributed by atoms with Crippen molar-refractivity contribution in [1.29, 1.82) is 0 Å². The molecule has 0 aromatic carbocycles. The van der Waals surface area contributed by atoms with Crippen molar-refractivity contribution in [3.05, 3.63) is 0 Å². The summed E-state index contributed by atoms with van der Waals surface area (Å²) in [5.74, 6) is 0.0807. The standard InChI is InChI=1S/C10H16O3/c1-3-13-10(12)9-6-8(11)5-4-7(9)2/h7,9H,3-6H2,1-2H3. The minimum atomic E-state index is -0.206. The maximum Gasteiger partial charge on any atom is 0.309 e. The molecule has 0 aromatic heterocycles. The van der Waals surface area contributed by atoms with E-state index in [-0.39, 0.29) is 23.6 Å². The SMILES string of the molecule is CCOC(=O)C1CC(=O)CCC1C. The fourth-order valence-electron chi connectivity index (χ4n) is 1.70. The molecular weight excluding hydrogens is 168 g/mol. The van der Waals surface area contributed by atoms with Gasteiger partial charge >= 0.3 is 5.97 Å². The van der Waals surface area contributed by atoms with Crippen molar-refractivity contribution in [3.8, 4) is 0 Å². The summed E-state index contributed by atoms with van der Waals surface area (Å²) in [6.07, 6.45) is 1.82. The number of carbonyl (C=O) groups is 2. The molecule has 0 bridgehead atoms. The third-order valence-corrected chi connectivity index (χ3v) is 2.60. The van der Waals surface area contributed by atoms with Gasteiger partial charge in [-0.25, -0.2) is 0 Å². The van der Waals surface area contributed by atoms with Gasteiger partial charge < -0.3 is 4.74 Å². The summed E-state index contributed by atoms with van der Waals surface area (Å²) in [6.45, 7) is 4.19. The molecule has 1 fully saturated rings. The minimum Gasteiger partial charge on any atom is -0.466 e. The molecule has 0 aromatic rings. The summed E-state index contributed by atoms with van der Waals surface area (Å²) >= 11 is 0. The van der Waals surface area contributed by atoms with Gasteiger partial charge in [0.05, 0.1) is 12.5 Å². The van der Waals surface area contributed by atoms with Crippen LogP contribution in [-0.4, -0.2) is 18.4 Å². The Hall–Kier alpha value is -0.860. The number of Topliss-reactive ketones (excluding diaryl/α,β-unsaturated/α-hetero) is 1. The third kappa shape index (κ3) is 2.54. The van der Waals surface area contributed by atoms with Gasteiger partial charge in [0.1, 0.15) is 5.78 Å². The number of ketones is 1. The summed E-state index contributed by atoms with van der Waals surface area (Å²) in [5, 5.41) is 0. The second-order valence-corrected chi connectivity index (χ2v) is 3.62. The van der Waals surface area contributed by atoms with Crippen LogP contribution in [0, 0.1) is 11.8 Å². The van der Waals surface area contributed by atoms with Crippen molar-refractivity contribution in [2.45, 2.75) is 33.1 Å². The van der Waals surface area contributed by atoms with Crippen molar-refractivity contribution in [3.63, 3.8) is 0 Å². The molecule has 1 rings (SSSR count). The monoisotopic (exact) mass is 184 g/mol. The van der Waals surface area contributed by atoms with Crippen LogP contribution in [-0.2, 0) is 14.3 Å². The van der Waals surface area contributed by atoms with Crippen LogP contribution in [0.4, 0.5) is 0 Å². The molecular formula is C10H16O3. The second kappa shape index (κ2) is 4.40. The number of rotatable bonds is 2. The fraction of sp³-hybridized carbons (Fsp3) is 0.800. The number of hydrogen-bond donors (Lipinski definition) is 0. The average molecular weight is 184 g/mol. The largest absolute Gasteiger partial charge is 0.466 e. The highest BCUT2D eigenvalue weighted by Gasteiger charge is 2.32. The Kier molecular flexibility index (Phi) is 3.46. The molecule has 0 heterocycles. The van der Waals surface area contributed by atoms with Crippen molar-refractivity contribution in [2.75, 3.05) is 6.61 Å². The van der Waals surface area contributed by atoms with Crippen LogP contribution < -0.4 is 0 Å². The van der Waals surface area contributed by atoms with E-state index in [1.807, 2.05) is 6.92 Å². The van der Waals surface area contributed by atoms with E-state index in [0.717, 1.165) is 6.42 Å². The molecule has 3 heteroatoms. The highest BCUT2D eigenvalue weighted by atomic mass is 16.5. The van der Waals surface area contributed by atoms with Gasteiger partial charge in [-0.05, 0) is 19.3 Å². The first kappa shape index (κ1) is 10.2. The zero-order valence-electron chi connectivity index (χ0n) is 8.21. The molecule has 1 aliphatic rings. The van der Waals surface area contributed by atoms with E-state index >= 15 is 0 Å². The van der Waals surface area contributed by atoms with Gasteiger partial charge in [-0.2, -0.15) is 0 Å². The number of carbonyl (C=O) groups excluding carboxylic acids is 2. The van der Waals surface area contributed by atoms with Gasteiger partial charge in [-0.3, -0.25) is 9.59 Å². The summed E-state index contributed by atoms with van der Waals surface area (Å²) < 4.78 is 4.91.